The monoisotopic (exact) mass is 300 g/mol. The average Bonchev–Trinajstić information content (AvgIpc) is 2.91. The van der Waals surface area contributed by atoms with Crippen LogP contribution in [0.1, 0.15) is 29.2 Å². The van der Waals surface area contributed by atoms with Gasteiger partial charge in [0, 0.05) is 36.8 Å². The lowest BCUT2D eigenvalue weighted by Crippen LogP contribution is -2.33. The molecule has 0 unspecified atom stereocenters. The number of nitrogens with one attached hydrogen (secondary N) is 2. The lowest BCUT2D eigenvalue weighted by Gasteiger charge is -2.20. The number of amides is 1. The minimum Gasteiger partial charge on any atom is -0.481 e. The van der Waals surface area contributed by atoms with Gasteiger partial charge in [-0.25, -0.2) is 9.97 Å². The van der Waals surface area contributed by atoms with Gasteiger partial charge in [0.25, 0.3) is 0 Å². The van der Waals surface area contributed by atoms with Crippen molar-refractivity contribution < 1.29 is 9.53 Å². The van der Waals surface area contributed by atoms with Gasteiger partial charge in [0.2, 0.25) is 11.8 Å². The van der Waals surface area contributed by atoms with Crippen LogP contribution in [0.4, 0.5) is 0 Å². The Hall–Kier alpha value is -2.37. The van der Waals surface area contributed by atoms with E-state index in [4.69, 9.17) is 4.74 Å². The van der Waals surface area contributed by atoms with Crippen LogP contribution in [-0.4, -0.2) is 28.0 Å². The average molecular weight is 300 g/mol. The van der Waals surface area contributed by atoms with Gasteiger partial charge in [-0.3, -0.25) is 4.79 Å². The molecular formula is C16H20N4O2. The van der Waals surface area contributed by atoms with Gasteiger partial charge < -0.3 is 15.0 Å². The largest absolute Gasteiger partial charge is 0.481 e. The maximum absolute atomic E-state index is 12.4. The summed E-state index contributed by atoms with van der Waals surface area (Å²) in [6, 6.07) is 3.71. The molecule has 2 heterocycles. The van der Waals surface area contributed by atoms with Crippen LogP contribution in [0.25, 0.3) is 0 Å². The minimum atomic E-state index is 0.0103. The normalized spacial score (nSPS) is 16.9. The molecule has 22 heavy (non-hydrogen) atoms. The molecule has 1 aliphatic carbocycles. The van der Waals surface area contributed by atoms with E-state index >= 15 is 0 Å². The number of hydrogen-bond donors (Lipinski definition) is 2. The zero-order valence-electron chi connectivity index (χ0n) is 12.8. The lowest BCUT2D eigenvalue weighted by atomic mass is 9.89. The number of rotatable bonds is 4. The van der Waals surface area contributed by atoms with Crippen molar-refractivity contribution in [1.29, 1.82) is 0 Å². The fourth-order valence-electron chi connectivity index (χ4n) is 2.85. The number of H-pyrrole nitrogens is 1. The Bertz CT molecular complexity index is 681. The first-order valence-corrected chi connectivity index (χ1v) is 7.46. The van der Waals surface area contributed by atoms with Crippen molar-refractivity contribution in [3.63, 3.8) is 0 Å². The fourth-order valence-corrected chi connectivity index (χ4v) is 2.85. The summed E-state index contributed by atoms with van der Waals surface area (Å²) in [6.45, 7) is 2.44. The second-order valence-electron chi connectivity index (χ2n) is 5.61. The van der Waals surface area contributed by atoms with Crippen LogP contribution in [0.5, 0.6) is 5.88 Å². The summed E-state index contributed by atoms with van der Waals surface area (Å²) in [7, 11) is 1.58. The highest BCUT2D eigenvalue weighted by Crippen LogP contribution is 2.24. The van der Waals surface area contributed by atoms with Gasteiger partial charge in [-0.05, 0) is 31.4 Å². The van der Waals surface area contributed by atoms with Gasteiger partial charge >= 0.3 is 0 Å². The molecule has 0 bridgehead atoms. The predicted molar refractivity (Wildman–Crippen MR) is 81.5 cm³/mol. The summed E-state index contributed by atoms with van der Waals surface area (Å²) >= 11 is 0. The standard InChI is InChI=1S/C16H20N4O2/c1-10-19-13-4-3-12(8-14(13)20-10)16(21)18-9-11-5-6-17-15(7-11)22-2/h5-7,12H,3-4,8-9H2,1-2H3,(H,18,21)(H,19,20)/t12-/m1/s1. The van der Waals surface area contributed by atoms with Crippen molar-refractivity contribution >= 4 is 5.91 Å². The third-order valence-corrected chi connectivity index (χ3v) is 4.01. The summed E-state index contributed by atoms with van der Waals surface area (Å²) in [5.41, 5.74) is 3.20. The number of carbonyl (C=O) groups is 1. The maximum atomic E-state index is 12.4. The summed E-state index contributed by atoms with van der Waals surface area (Å²) in [5.74, 6) is 1.58. The molecule has 0 fully saturated rings. The van der Waals surface area contributed by atoms with Gasteiger partial charge in [0.15, 0.2) is 0 Å². The molecule has 0 saturated carbocycles. The van der Waals surface area contributed by atoms with Gasteiger partial charge in [-0.2, -0.15) is 0 Å². The summed E-state index contributed by atoms with van der Waals surface area (Å²) in [6.07, 6.45) is 4.13. The number of aromatic nitrogens is 3. The predicted octanol–water partition coefficient (Wildman–Crippen LogP) is 1.54. The number of carbonyl (C=O) groups excluding carboxylic acids is 1. The second kappa shape index (κ2) is 6.17. The minimum absolute atomic E-state index is 0.0103. The van der Waals surface area contributed by atoms with E-state index in [9.17, 15) is 4.79 Å². The summed E-state index contributed by atoms with van der Waals surface area (Å²) in [5, 5.41) is 3.00. The Morgan fingerprint density at radius 2 is 2.41 bits per heavy atom. The highest BCUT2D eigenvalue weighted by Gasteiger charge is 2.26. The molecule has 1 aliphatic rings. The van der Waals surface area contributed by atoms with E-state index in [0.29, 0.717) is 12.4 Å². The number of aryl methyl sites for hydroxylation is 2. The zero-order valence-corrected chi connectivity index (χ0v) is 12.8. The van der Waals surface area contributed by atoms with E-state index < -0.39 is 0 Å². The van der Waals surface area contributed by atoms with Crippen LogP contribution in [0.3, 0.4) is 0 Å². The van der Waals surface area contributed by atoms with Crippen LogP contribution in [0, 0.1) is 12.8 Å². The molecule has 6 heteroatoms. The molecule has 0 aromatic carbocycles. The SMILES string of the molecule is COc1cc(CNC(=O)[C@@H]2CCc3nc(C)[nH]c3C2)ccn1. The number of ether oxygens (including phenoxy) is 1. The lowest BCUT2D eigenvalue weighted by molar-refractivity contribution is -0.125. The zero-order chi connectivity index (χ0) is 15.5. The van der Waals surface area contributed by atoms with E-state index in [-0.39, 0.29) is 11.8 Å². The number of methoxy groups -OCH3 is 1. The highest BCUT2D eigenvalue weighted by atomic mass is 16.5. The molecule has 2 aromatic heterocycles. The van der Waals surface area contributed by atoms with E-state index in [2.05, 4.69) is 20.3 Å². The van der Waals surface area contributed by atoms with Crippen LogP contribution in [-0.2, 0) is 24.2 Å². The number of nitrogens with zero attached hydrogens (tertiary/aromatic N) is 2. The number of hydrogen-bond acceptors (Lipinski definition) is 4. The van der Waals surface area contributed by atoms with Crippen molar-refractivity contribution in [2.24, 2.45) is 5.92 Å². The van der Waals surface area contributed by atoms with Crippen LogP contribution in [0.15, 0.2) is 18.3 Å². The van der Waals surface area contributed by atoms with Gasteiger partial charge in [0.1, 0.15) is 5.82 Å². The molecule has 0 radical (unpaired) electrons. The smallest absolute Gasteiger partial charge is 0.223 e. The topological polar surface area (TPSA) is 79.9 Å². The van der Waals surface area contributed by atoms with E-state index in [0.717, 1.165) is 42.0 Å². The molecule has 116 valence electrons. The van der Waals surface area contributed by atoms with Crippen molar-refractivity contribution in [3.8, 4) is 5.88 Å². The van der Waals surface area contributed by atoms with Gasteiger partial charge in [-0.1, -0.05) is 0 Å². The number of fused-ring (bicyclic) bond motifs is 1. The van der Waals surface area contributed by atoms with Crippen LogP contribution in [0.2, 0.25) is 0 Å². The first-order valence-electron chi connectivity index (χ1n) is 7.46. The quantitative estimate of drug-likeness (QED) is 0.897. The Morgan fingerprint density at radius 1 is 1.55 bits per heavy atom. The van der Waals surface area contributed by atoms with Gasteiger partial charge in [0.05, 0.1) is 12.8 Å². The molecule has 0 saturated heterocycles. The Kier molecular flexibility index (Phi) is 4.09. The molecule has 1 atom stereocenters. The van der Waals surface area contributed by atoms with Crippen molar-refractivity contribution in [2.45, 2.75) is 32.7 Å². The Labute approximate surface area is 129 Å². The van der Waals surface area contributed by atoms with E-state index in [1.54, 1.807) is 13.3 Å². The van der Waals surface area contributed by atoms with Crippen molar-refractivity contribution in [1.82, 2.24) is 20.3 Å². The molecule has 2 aromatic rings. The molecule has 3 rings (SSSR count). The third kappa shape index (κ3) is 3.10. The first-order chi connectivity index (χ1) is 10.7. The third-order valence-electron chi connectivity index (χ3n) is 4.01. The first kappa shape index (κ1) is 14.6. The molecule has 2 N–H and O–H groups in total. The van der Waals surface area contributed by atoms with E-state index in [1.807, 2.05) is 19.1 Å². The summed E-state index contributed by atoms with van der Waals surface area (Å²) < 4.78 is 5.08. The Morgan fingerprint density at radius 3 is 3.23 bits per heavy atom. The number of pyridine rings is 1. The maximum Gasteiger partial charge on any atom is 0.223 e. The van der Waals surface area contributed by atoms with Crippen LogP contribution >= 0.6 is 0 Å². The second-order valence-corrected chi connectivity index (χ2v) is 5.61. The van der Waals surface area contributed by atoms with Crippen molar-refractivity contribution in [2.75, 3.05) is 7.11 Å². The molecule has 6 nitrogen and oxygen atoms in total. The van der Waals surface area contributed by atoms with Crippen molar-refractivity contribution in [3.05, 3.63) is 41.1 Å². The van der Waals surface area contributed by atoms with E-state index in [1.165, 1.54) is 0 Å². The summed E-state index contributed by atoms with van der Waals surface area (Å²) in [4.78, 5) is 24.1. The highest BCUT2D eigenvalue weighted by molar-refractivity contribution is 5.79. The van der Waals surface area contributed by atoms with Crippen LogP contribution < -0.4 is 10.1 Å². The molecule has 0 spiro atoms. The van der Waals surface area contributed by atoms with Gasteiger partial charge in [-0.15, -0.1) is 0 Å². The molecular weight excluding hydrogens is 280 g/mol. The molecule has 1 amide bonds. The number of aromatic amines is 1. The fraction of sp³-hybridized carbons (Fsp3) is 0.438. The molecule has 0 aliphatic heterocycles. The Balaban J connectivity index is 1.58. The number of imidazole rings is 1.